The molecule has 1 aromatic heterocycles. The van der Waals surface area contributed by atoms with Crippen molar-refractivity contribution < 1.29 is 14.0 Å². The van der Waals surface area contributed by atoms with Crippen LogP contribution in [-0.2, 0) is 24.5 Å². The Morgan fingerprint density at radius 3 is 1.85 bits per heavy atom. The van der Waals surface area contributed by atoms with Crippen LogP contribution in [0.1, 0.15) is 50.4 Å². The second kappa shape index (κ2) is 11.6. The molecule has 7 heteroatoms. The average Bonchev–Trinajstić information content (AvgIpc) is 2.84. The third-order valence-electron chi connectivity index (χ3n) is 5.49. The number of hydrogen-bond donors (Lipinski definition) is 1. The van der Waals surface area contributed by atoms with Crippen molar-refractivity contribution in [3.63, 3.8) is 0 Å². The van der Waals surface area contributed by atoms with Crippen LogP contribution in [0.4, 0.5) is 5.82 Å². The van der Waals surface area contributed by atoms with Crippen molar-refractivity contribution in [2.45, 2.75) is 51.6 Å². The first-order valence-corrected chi connectivity index (χ1v) is 12.5. The van der Waals surface area contributed by atoms with E-state index in [0.717, 1.165) is 34.0 Å². The zero-order valence-electron chi connectivity index (χ0n) is 20.9. The molecule has 0 spiro atoms. The van der Waals surface area contributed by atoms with Gasteiger partial charge >= 0.3 is 0 Å². The maximum atomic E-state index is 12.8. The smallest absolute Gasteiger partial charge is 0.136 e. The molecule has 0 radical (unpaired) electrons. The van der Waals surface area contributed by atoms with E-state index in [-0.39, 0.29) is 10.8 Å². The summed E-state index contributed by atoms with van der Waals surface area (Å²) < 4.78 is 26.3. The molecule has 2 aromatic carbocycles. The molecular formula is C27H35N3O3S. The lowest BCUT2D eigenvalue weighted by Gasteiger charge is -2.30. The molecule has 0 aliphatic carbocycles. The van der Waals surface area contributed by atoms with Crippen LogP contribution >= 0.6 is 0 Å². The van der Waals surface area contributed by atoms with E-state index < -0.39 is 11.4 Å². The number of nitrogens with zero attached hydrogens (tertiary/aromatic N) is 2. The molecular weight excluding hydrogens is 446 g/mol. The summed E-state index contributed by atoms with van der Waals surface area (Å²) >= 11 is -1.20. The lowest BCUT2D eigenvalue weighted by Crippen LogP contribution is -2.41. The van der Waals surface area contributed by atoms with Gasteiger partial charge in [-0.25, -0.2) is 4.98 Å². The molecule has 34 heavy (non-hydrogen) atoms. The van der Waals surface area contributed by atoms with Crippen molar-refractivity contribution in [3.8, 4) is 11.5 Å². The van der Waals surface area contributed by atoms with Crippen LogP contribution in [0.2, 0.25) is 0 Å². The fourth-order valence-corrected chi connectivity index (χ4v) is 4.32. The fourth-order valence-electron chi connectivity index (χ4n) is 3.52. The minimum Gasteiger partial charge on any atom is -0.598 e. The van der Waals surface area contributed by atoms with Gasteiger partial charge in [-0.05, 0) is 69.2 Å². The Bertz CT molecular complexity index is 987. The third-order valence-corrected chi connectivity index (χ3v) is 7.17. The highest BCUT2D eigenvalue weighted by molar-refractivity contribution is 7.90. The summed E-state index contributed by atoms with van der Waals surface area (Å²) in [4.78, 5) is 7.01. The number of anilines is 1. The van der Waals surface area contributed by atoms with Gasteiger partial charge in [0.25, 0.3) is 0 Å². The topological polar surface area (TPSA) is 69.7 Å². The van der Waals surface area contributed by atoms with Crippen molar-refractivity contribution in [1.29, 1.82) is 0 Å². The number of hydrogen-bond acceptors (Lipinski definition) is 6. The molecule has 0 bridgehead atoms. The van der Waals surface area contributed by atoms with E-state index in [0.29, 0.717) is 13.1 Å². The Kier molecular flexibility index (Phi) is 8.83. The number of pyridine rings is 1. The highest BCUT2D eigenvalue weighted by Crippen LogP contribution is 2.29. The molecule has 1 N–H and O–H groups in total. The molecule has 2 atom stereocenters. The second-order valence-corrected chi connectivity index (χ2v) is 11.2. The first-order valence-electron chi connectivity index (χ1n) is 11.3. The van der Waals surface area contributed by atoms with Gasteiger partial charge in [-0.2, -0.15) is 0 Å². The molecule has 0 fully saturated rings. The molecule has 3 aromatic rings. The van der Waals surface area contributed by atoms with Gasteiger partial charge in [-0.3, -0.25) is 0 Å². The maximum Gasteiger partial charge on any atom is 0.136 e. The van der Waals surface area contributed by atoms with E-state index in [1.807, 2.05) is 58.0 Å². The standard InChI is InChI=1S/C27H35N3O3S/c1-20(29-34(31)27(2,3)4)25-8-7-17-28-26(25)30(18-21-9-13-23(32-5)14-10-21)19-22-11-15-24(33-6)16-12-22/h7-17,20,29H,18-19H2,1-6H3/t20-,34?/m1/s1. The van der Waals surface area contributed by atoms with E-state index in [2.05, 4.69) is 40.0 Å². The van der Waals surface area contributed by atoms with Crippen molar-refractivity contribution in [3.05, 3.63) is 83.6 Å². The monoisotopic (exact) mass is 481 g/mol. The van der Waals surface area contributed by atoms with E-state index in [4.69, 9.17) is 14.5 Å². The summed E-state index contributed by atoms with van der Waals surface area (Å²) in [5.41, 5.74) is 3.29. The third kappa shape index (κ3) is 6.88. The van der Waals surface area contributed by atoms with E-state index in [1.54, 1.807) is 20.4 Å². The highest BCUT2D eigenvalue weighted by atomic mass is 32.2. The Balaban J connectivity index is 1.94. The van der Waals surface area contributed by atoms with Crippen LogP contribution in [-0.4, -0.2) is 28.5 Å². The summed E-state index contributed by atoms with van der Waals surface area (Å²) in [6, 6.07) is 20.0. The van der Waals surface area contributed by atoms with Crippen molar-refractivity contribution in [2.75, 3.05) is 19.1 Å². The van der Waals surface area contributed by atoms with Gasteiger partial charge < -0.3 is 18.9 Å². The number of methoxy groups -OCH3 is 2. The van der Waals surface area contributed by atoms with Crippen molar-refractivity contribution >= 4 is 17.2 Å². The lowest BCUT2D eigenvalue weighted by atomic mass is 10.1. The molecule has 1 unspecified atom stereocenters. The Hall–Kier alpha value is -2.74. The summed E-state index contributed by atoms with van der Waals surface area (Å²) in [7, 11) is 3.34. The van der Waals surface area contributed by atoms with E-state index in [1.165, 1.54) is 0 Å². The molecule has 0 aliphatic rings. The second-order valence-electron chi connectivity index (χ2n) is 9.19. The molecule has 0 saturated heterocycles. The zero-order chi connectivity index (χ0) is 24.7. The van der Waals surface area contributed by atoms with Crippen LogP contribution in [0.5, 0.6) is 11.5 Å². The highest BCUT2D eigenvalue weighted by Gasteiger charge is 2.29. The summed E-state index contributed by atoms with van der Waals surface area (Å²) in [5, 5.41) is 0. The predicted octanol–water partition coefficient (Wildman–Crippen LogP) is 5.42. The number of ether oxygens (including phenoxy) is 2. The molecule has 1 heterocycles. The minimum atomic E-state index is -1.20. The van der Waals surface area contributed by atoms with Crippen LogP contribution in [0.3, 0.4) is 0 Å². The molecule has 182 valence electrons. The number of nitrogens with one attached hydrogen (secondary N) is 1. The molecule has 0 saturated carbocycles. The summed E-state index contributed by atoms with van der Waals surface area (Å²) in [6.07, 6.45) is 1.81. The van der Waals surface area contributed by atoms with Gasteiger partial charge in [0, 0.05) is 36.2 Å². The van der Waals surface area contributed by atoms with Crippen LogP contribution < -0.4 is 19.1 Å². The zero-order valence-corrected chi connectivity index (χ0v) is 21.7. The normalized spacial score (nSPS) is 13.3. The number of aromatic nitrogens is 1. The quantitative estimate of drug-likeness (QED) is 0.390. The maximum absolute atomic E-state index is 12.8. The summed E-state index contributed by atoms with van der Waals surface area (Å²) in [5.74, 6) is 2.51. The predicted molar refractivity (Wildman–Crippen MR) is 140 cm³/mol. The average molecular weight is 482 g/mol. The first-order chi connectivity index (χ1) is 16.2. The van der Waals surface area contributed by atoms with Gasteiger partial charge in [0.05, 0.1) is 20.3 Å². The fraction of sp³-hybridized carbons (Fsp3) is 0.370. The van der Waals surface area contributed by atoms with Crippen LogP contribution in [0.25, 0.3) is 0 Å². The lowest BCUT2D eigenvalue weighted by molar-refractivity contribution is 0.414. The minimum absolute atomic E-state index is 0.141. The van der Waals surface area contributed by atoms with Gasteiger partial charge in [-0.15, -0.1) is 4.72 Å². The van der Waals surface area contributed by atoms with Crippen LogP contribution in [0.15, 0.2) is 66.9 Å². The van der Waals surface area contributed by atoms with Gasteiger partial charge in [-0.1, -0.05) is 30.3 Å². The SMILES string of the molecule is COc1ccc(CN(Cc2ccc(OC)cc2)c2ncccc2[C@@H](C)N[S+]([O-])C(C)(C)C)cc1. The molecule has 0 aliphatic heterocycles. The molecule has 0 amide bonds. The first kappa shape index (κ1) is 25.9. The summed E-state index contributed by atoms with van der Waals surface area (Å²) in [6.45, 7) is 9.25. The van der Waals surface area contributed by atoms with Crippen molar-refractivity contribution in [2.24, 2.45) is 0 Å². The van der Waals surface area contributed by atoms with Gasteiger partial charge in [0.15, 0.2) is 0 Å². The number of rotatable bonds is 10. The van der Waals surface area contributed by atoms with Crippen LogP contribution in [0, 0.1) is 0 Å². The Labute approximate surface area is 206 Å². The van der Waals surface area contributed by atoms with Gasteiger partial charge in [0.2, 0.25) is 0 Å². The van der Waals surface area contributed by atoms with Crippen molar-refractivity contribution in [1.82, 2.24) is 9.71 Å². The molecule has 3 rings (SSSR count). The Morgan fingerprint density at radius 2 is 1.41 bits per heavy atom. The van der Waals surface area contributed by atoms with E-state index in [9.17, 15) is 4.55 Å². The van der Waals surface area contributed by atoms with Gasteiger partial charge in [0.1, 0.15) is 22.1 Å². The molecule has 6 nitrogen and oxygen atoms in total. The van der Waals surface area contributed by atoms with E-state index >= 15 is 0 Å². The largest absolute Gasteiger partial charge is 0.598 e. The number of benzene rings is 2. The Morgan fingerprint density at radius 1 is 0.912 bits per heavy atom.